The van der Waals surface area contributed by atoms with Crippen LogP contribution in [-0.4, -0.2) is 42.7 Å². The lowest BCUT2D eigenvalue weighted by Crippen LogP contribution is -2.31. The van der Waals surface area contributed by atoms with Crippen LogP contribution in [0.25, 0.3) is 33.4 Å². The van der Waals surface area contributed by atoms with Gasteiger partial charge in [-0.25, -0.2) is 4.39 Å². The van der Waals surface area contributed by atoms with Crippen molar-refractivity contribution >= 4 is 28.3 Å². The van der Waals surface area contributed by atoms with Crippen molar-refractivity contribution < 1.29 is 23.5 Å². The molecule has 192 valence electrons. The van der Waals surface area contributed by atoms with E-state index in [1.807, 2.05) is 63.2 Å². The van der Waals surface area contributed by atoms with E-state index in [4.69, 9.17) is 9.52 Å². The first-order valence-corrected chi connectivity index (χ1v) is 12.4. The molecule has 1 heterocycles. The Balaban J connectivity index is 1.85. The number of Topliss-reactive ketones (excluding diaryl/α,β-unsaturated/α-hetero) is 1. The molecule has 7 heteroatoms. The number of aryl methyl sites for hydroxylation is 1. The number of carbonyl (C=O) groups is 2. The first-order valence-electron chi connectivity index (χ1n) is 12.4. The molecule has 0 spiro atoms. The van der Waals surface area contributed by atoms with Crippen LogP contribution in [0.5, 0.6) is 0 Å². The number of alkyl halides is 1. The summed E-state index contributed by atoms with van der Waals surface area (Å²) in [5.74, 6) is 0.0874. The largest absolute Gasteiger partial charge is 0.455 e. The molecule has 0 saturated carbocycles. The van der Waals surface area contributed by atoms with Gasteiger partial charge in [0.1, 0.15) is 17.5 Å². The maximum atomic E-state index is 13.4. The molecule has 1 aromatic heterocycles. The molecule has 0 radical (unpaired) electrons. The molecule has 0 fully saturated rings. The highest BCUT2D eigenvalue weighted by molar-refractivity contribution is 6.13. The van der Waals surface area contributed by atoms with Crippen molar-refractivity contribution in [1.29, 1.82) is 0 Å². The Labute approximate surface area is 215 Å². The fourth-order valence-electron chi connectivity index (χ4n) is 4.28. The molecule has 0 saturated heterocycles. The van der Waals surface area contributed by atoms with Crippen LogP contribution in [0.2, 0.25) is 0 Å². The minimum Gasteiger partial charge on any atom is -0.455 e. The monoisotopic (exact) mass is 502 g/mol. The van der Waals surface area contributed by atoms with Crippen LogP contribution < -0.4 is 10.6 Å². The quantitative estimate of drug-likeness (QED) is 0.226. The van der Waals surface area contributed by atoms with Gasteiger partial charge in [-0.15, -0.1) is 0 Å². The maximum Gasteiger partial charge on any atom is 0.251 e. The van der Waals surface area contributed by atoms with Crippen LogP contribution in [0.15, 0.2) is 65.1 Å². The van der Waals surface area contributed by atoms with Gasteiger partial charge in [0.25, 0.3) is 5.91 Å². The fourth-order valence-corrected chi connectivity index (χ4v) is 4.28. The number of carbonyl (C=O) groups excluding carboxylic acids is 2. The Kier molecular flexibility index (Phi) is 8.04. The molecule has 0 aliphatic rings. The number of rotatable bonds is 10. The summed E-state index contributed by atoms with van der Waals surface area (Å²) in [7, 11) is 0. The van der Waals surface area contributed by atoms with Crippen molar-refractivity contribution in [2.45, 2.75) is 33.4 Å². The van der Waals surface area contributed by atoms with Gasteiger partial charge in [-0.05, 0) is 37.6 Å². The second-order valence-corrected chi connectivity index (χ2v) is 8.94. The zero-order chi connectivity index (χ0) is 26.5. The fraction of sp³-hybridized carbons (Fsp3) is 0.267. The molecule has 6 nitrogen and oxygen atoms in total. The summed E-state index contributed by atoms with van der Waals surface area (Å²) in [6.45, 7) is 5.55. The molecule has 0 aliphatic carbocycles. The summed E-state index contributed by atoms with van der Waals surface area (Å²) in [6.07, 6.45) is -1.19. The number of anilines is 1. The third-order valence-corrected chi connectivity index (χ3v) is 6.23. The number of furan rings is 1. The van der Waals surface area contributed by atoms with Crippen molar-refractivity contribution in [2.24, 2.45) is 0 Å². The smallest absolute Gasteiger partial charge is 0.251 e. The van der Waals surface area contributed by atoms with Crippen molar-refractivity contribution in [3.05, 3.63) is 77.4 Å². The zero-order valence-corrected chi connectivity index (χ0v) is 21.2. The molecule has 0 bridgehead atoms. The number of hydrogen-bond acceptors (Lipinski definition) is 5. The van der Waals surface area contributed by atoms with E-state index in [0.29, 0.717) is 40.8 Å². The predicted molar refractivity (Wildman–Crippen MR) is 145 cm³/mol. The van der Waals surface area contributed by atoms with Gasteiger partial charge in [0.2, 0.25) is 0 Å². The van der Waals surface area contributed by atoms with Crippen LogP contribution in [0.3, 0.4) is 0 Å². The zero-order valence-electron chi connectivity index (χ0n) is 21.2. The average Bonchev–Trinajstić information content (AvgIpc) is 3.29. The van der Waals surface area contributed by atoms with E-state index in [0.717, 1.165) is 27.9 Å². The lowest BCUT2D eigenvalue weighted by Gasteiger charge is -2.13. The molecule has 0 aliphatic heterocycles. The molecular weight excluding hydrogens is 471 g/mol. The SMILES string of the molecule is CCNc1cc2oc(-c3ccc(C)cc3)c(C(=O)CC)c2cc1-c1cccc(C(=O)NC[C@H](F)CO)c1. The third-order valence-electron chi connectivity index (χ3n) is 6.23. The molecule has 4 rings (SSSR count). The van der Waals surface area contributed by atoms with Crippen LogP contribution in [0, 0.1) is 6.92 Å². The maximum absolute atomic E-state index is 13.4. The number of nitrogens with one attached hydrogen (secondary N) is 2. The van der Waals surface area contributed by atoms with Gasteiger partial charge in [0, 0.05) is 46.8 Å². The highest BCUT2D eigenvalue weighted by atomic mass is 19.1. The van der Waals surface area contributed by atoms with E-state index < -0.39 is 18.7 Å². The molecule has 4 aromatic rings. The number of fused-ring (bicyclic) bond motifs is 1. The average molecular weight is 503 g/mol. The lowest BCUT2D eigenvalue weighted by atomic mass is 9.95. The lowest BCUT2D eigenvalue weighted by molar-refractivity contribution is 0.0927. The summed E-state index contributed by atoms with van der Waals surface area (Å²) in [5.41, 5.74) is 5.82. The highest BCUT2D eigenvalue weighted by Crippen LogP contribution is 2.40. The van der Waals surface area contributed by atoms with Gasteiger partial charge in [-0.2, -0.15) is 0 Å². The van der Waals surface area contributed by atoms with Crippen LogP contribution in [-0.2, 0) is 0 Å². The van der Waals surface area contributed by atoms with E-state index in [1.54, 1.807) is 18.2 Å². The third kappa shape index (κ3) is 5.57. The van der Waals surface area contributed by atoms with Crippen molar-refractivity contribution in [2.75, 3.05) is 25.0 Å². The Morgan fingerprint density at radius 3 is 2.46 bits per heavy atom. The number of aliphatic hydroxyl groups excluding tert-OH is 1. The number of ketones is 1. The van der Waals surface area contributed by atoms with Gasteiger partial charge in [0.15, 0.2) is 5.78 Å². The van der Waals surface area contributed by atoms with Gasteiger partial charge in [-0.3, -0.25) is 9.59 Å². The molecule has 3 N–H and O–H groups in total. The Morgan fingerprint density at radius 1 is 1.03 bits per heavy atom. The molecule has 3 aromatic carbocycles. The summed E-state index contributed by atoms with van der Waals surface area (Å²) in [5, 5.41) is 15.5. The van der Waals surface area contributed by atoms with Crippen molar-refractivity contribution in [3.8, 4) is 22.5 Å². The molecule has 1 atom stereocenters. The minimum absolute atomic E-state index is 0.0192. The second kappa shape index (κ2) is 11.4. The summed E-state index contributed by atoms with van der Waals surface area (Å²) >= 11 is 0. The normalized spacial score (nSPS) is 11.9. The van der Waals surface area contributed by atoms with E-state index in [2.05, 4.69) is 10.6 Å². The molecule has 1 amide bonds. The van der Waals surface area contributed by atoms with E-state index in [1.165, 1.54) is 0 Å². The van der Waals surface area contributed by atoms with Gasteiger partial charge in [-0.1, -0.05) is 48.9 Å². The van der Waals surface area contributed by atoms with Crippen LogP contribution in [0.1, 0.15) is 46.5 Å². The van der Waals surface area contributed by atoms with Crippen LogP contribution >= 0.6 is 0 Å². The topological polar surface area (TPSA) is 91.6 Å². The Hall–Kier alpha value is -3.97. The summed E-state index contributed by atoms with van der Waals surface area (Å²) in [6, 6.07) is 18.7. The Morgan fingerprint density at radius 2 is 1.78 bits per heavy atom. The van der Waals surface area contributed by atoms with Gasteiger partial charge in [0.05, 0.1) is 18.7 Å². The van der Waals surface area contributed by atoms with E-state index in [-0.39, 0.29) is 12.3 Å². The summed E-state index contributed by atoms with van der Waals surface area (Å²) < 4.78 is 19.7. The Bertz CT molecular complexity index is 1430. The second-order valence-electron chi connectivity index (χ2n) is 8.94. The number of halogens is 1. The van der Waals surface area contributed by atoms with E-state index in [9.17, 15) is 14.0 Å². The number of amides is 1. The predicted octanol–water partition coefficient (Wildman–Crippen LogP) is 6.16. The highest BCUT2D eigenvalue weighted by Gasteiger charge is 2.23. The molecule has 37 heavy (non-hydrogen) atoms. The van der Waals surface area contributed by atoms with Crippen LogP contribution in [0.4, 0.5) is 10.1 Å². The number of hydrogen-bond donors (Lipinski definition) is 3. The van der Waals surface area contributed by atoms with Gasteiger partial charge < -0.3 is 20.2 Å². The minimum atomic E-state index is -1.52. The van der Waals surface area contributed by atoms with Gasteiger partial charge >= 0.3 is 0 Å². The number of benzene rings is 3. The van der Waals surface area contributed by atoms with Crippen molar-refractivity contribution in [1.82, 2.24) is 5.32 Å². The number of aliphatic hydroxyl groups is 1. The van der Waals surface area contributed by atoms with E-state index >= 15 is 0 Å². The first kappa shape index (κ1) is 26.1. The van der Waals surface area contributed by atoms with Crippen molar-refractivity contribution in [3.63, 3.8) is 0 Å². The standard InChI is InChI=1S/C30H31FN2O4/c1-4-26(35)28-24-14-23(20-7-6-8-21(13-20)30(36)33-16-22(31)17-34)25(32-5-2)15-27(24)37-29(28)19-11-9-18(3)10-12-19/h6-15,22,32,34H,4-5,16-17H2,1-3H3,(H,33,36)/t22-/m0/s1. The first-order chi connectivity index (χ1) is 17.9. The molecule has 0 unspecified atom stereocenters. The molecular formula is C30H31FN2O4. The summed E-state index contributed by atoms with van der Waals surface area (Å²) in [4.78, 5) is 25.7.